The topological polar surface area (TPSA) is 46.6 Å². The fourth-order valence-corrected chi connectivity index (χ4v) is 5.92. The number of thiocarbonyl (C=S) groups is 1. The van der Waals surface area contributed by atoms with E-state index in [-0.39, 0.29) is 5.91 Å². The van der Waals surface area contributed by atoms with E-state index in [4.69, 9.17) is 40.2 Å². The van der Waals surface area contributed by atoms with E-state index in [1.54, 1.807) is 53.4 Å². The van der Waals surface area contributed by atoms with Gasteiger partial charge < -0.3 is 4.74 Å². The summed E-state index contributed by atoms with van der Waals surface area (Å²) in [6.07, 6.45) is 1.77. The first-order chi connectivity index (χ1) is 14.4. The number of halogens is 2. The lowest BCUT2D eigenvalue weighted by Crippen LogP contribution is -2.27. The van der Waals surface area contributed by atoms with Crippen LogP contribution in [-0.4, -0.2) is 27.6 Å². The van der Waals surface area contributed by atoms with E-state index in [2.05, 4.69) is 0 Å². The van der Waals surface area contributed by atoms with Crippen LogP contribution in [0.4, 0.5) is 0 Å². The standard InChI is InChI=1S/C21H13Cl2NO3S3/c1-2-24-19(25)16(30-21(24)28)9-11-3-6-13(7-4-11)27-20(26)18-17(23)14-8-5-12(22)10-15(14)29-18/h3-10H,2H2,1H3/b16-9-. The number of ether oxygens (including phenoxy) is 1. The number of thioether (sulfide) groups is 1. The van der Waals surface area contributed by atoms with Crippen molar-refractivity contribution in [2.24, 2.45) is 0 Å². The fourth-order valence-electron chi connectivity index (χ4n) is 2.88. The zero-order valence-electron chi connectivity index (χ0n) is 15.5. The molecule has 4 nitrogen and oxygen atoms in total. The van der Waals surface area contributed by atoms with Crippen LogP contribution in [0.1, 0.15) is 22.2 Å². The summed E-state index contributed by atoms with van der Waals surface area (Å²) in [6.45, 7) is 2.43. The van der Waals surface area contributed by atoms with Gasteiger partial charge in [0.2, 0.25) is 0 Å². The minimum Gasteiger partial charge on any atom is -0.422 e. The maximum atomic E-state index is 12.6. The molecule has 0 atom stereocenters. The Morgan fingerprint density at radius 3 is 2.60 bits per heavy atom. The van der Waals surface area contributed by atoms with Gasteiger partial charge in [0.25, 0.3) is 5.91 Å². The smallest absolute Gasteiger partial charge is 0.355 e. The molecule has 0 radical (unpaired) electrons. The van der Waals surface area contributed by atoms with Crippen LogP contribution < -0.4 is 4.74 Å². The summed E-state index contributed by atoms with van der Waals surface area (Å²) >= 11 is 20.1. The number of thiophene rings is 1. The monoisotopic (exact) mass is 493 g/mol. The van der Waals surface area contributed by atoms with Crippen molar-refractivity contribution >= 4 is 90.9 Å². The van der Waals surface area contributed by atoms with Crippen LogP contribution in [0.3, 0.4) is 0 Å². The first-order valence-corrected chi connectivity index (χ1v) is 11.6. The number of carbonyl (C=O) groups is 2. The number of likely N-dealkylation sites (N-methyl/N-ethyl adjacent to an activating group) is 1. The molecule has 0 N–H and O–H groups in total. The molecule has 1 saturated heterocycles. The molecule has 0 saturated carbocycles. The first-order valence-electron chi connectivity index (χ1n) is 8.82. The first kappa shape index (κ1) is 21.3. The van der Waals surface area contributed by atoms with Crippen LogP contribution in [0.25, 0.3) is 16.2 Å². The van der Waals surface area contributed by atoms with E-state index in [0.29, 0.717) is 36.4 Å². The van der Waals surface area contributed by atoms with Crippen LogP contribution in [0.2, 0.25) is 10.0 Å². The Bertz CT molecular complexity index is 1220. The van der Waals surface area contributed by atoms with Gasteiger partial charge in [0.05, 0.1) is 9.93 Å². The van der Waals surface area contributed by atoms with Gasteiger partial charge in [-0.2, -0.15) is 0 Å². The number of hydrogen-bond donors (Lipinski definition) is 0. The van der Waals surface area contributed by atoms with Gasteiger partial charge in [0.15, 0.2) is 0 Å². The molecule has 152 valence electrons. The third-order valence-electron chi connectivity index (χ3n) is 4.36. The summed E-state index contributed by atoms with van der Waals surface area (Å²) < 4.78 is 6.85. The van der Waals surface area contributed by atoms with E-state index in [1.165, 1.54) is 23.1 Å². The van der Waals surface area contributed by atoms with Gasteiger partial charge in [-0.05, 0) is 42.8 Å². The molecule has 3 aromatic rings. The quantitative estimate of drug-likeness (QED) is 0.176. The highest BCUT2D eigenvalue weighted by Gasteiger charge is 2.30. The van der Waals surface area contributed by atoms with Crippen molar-refractivity contribution in [3.63, 3.8) is 0 Å². The van der Waals surface area contributed by atoms with Crippen LogP contribution in [-0.2, 0) is 4.79 Å². The minimum absolute atomic E-state index is 0.0949. The Morgan fingerprint density at radius 1 is 1.20 bits per heavy atom. The minimum atomic E-state index is -0.533. The van der Waals surface area contributed by atoms with Crippen molar-refractivity contribution in [1.82, 2.24) is 4.90 Å². The third kappa shape index (κ3) is 4.13. The van der Waals surface area contributed by atoms with Gasteiger partial charge in [-0.3, -0.25) is 9.69 Å². The van der Waals surface area contributed by atoms with Crippen molar-refractivity contribution in [2.45, 2.75) is 6.92 Å². The molecule has 4 rings (SSSR count). The maximum Gasteiger partial charge on any atom is 0.355 e. The normalized spacial score (nSPS) is 15.4. The fraction of sp³-hybridized carbons (Fsp3) is 0.0952. The molecule has 1 fully saturated rings. The van der Waals surface area contributed by atoms with E-state index in [0.717, 1.165) is 15.6 Å². The molecule has 1 aliphatic heterocycles. The second-order valence-corrected chi connectivity index (χ2v) is 9.81. The van der Waals surface area contributed by atoms with Crippen molar-refractivity contribution in [3.8, 4) is 5.75 Å². The maximum absolute atomic E-state index is 12.6. The molecule has 1 aromatic heterocycles. The lowest BCUT2D eigenvalue weighted by molar-refractivity contribution is -0.121. The van der Waals surface area contributed by atoms with E-state index < -0.39 is 5.97 Å². The molecule has 1 aliphatic rings. The molecule has 2 aromatic carbocycles. The second kappa shape index (κ2) is 8.69. The lowest BCUT2D eigenvalue weighted by atomic mass is 10.2. The van der Waals surface area contributed by atoms with Gasteiger partial charge in [0.1, 0.15) is 14.9 Å². The number of benzene rings is 2. The molecule has 0 aliphatic carbocycles. The zero-order chi connectivity index (χ0) is 21.4. The van der Waals surface area contributed by atoms with Gasteiger partial charge >= 0.3 is 5.97 Å². The average Bonchev–Trinajstić information content (AvgIpc) is 3.18. The summed E-state index contributed by atoms with van der Waals surface area (Å²) in [7, 11) is 0. The van der Waals surface area contributed by atoms with Crippen LogP contribution in [0.5, 0.6) is 5.75 Å². The predicted octanol–water partition coefficient (Wildman–Crippen LogP) is 6.65. The lowest BCUT2D eigenvalue weighted by Gasteiger charge is -2.09. The SMILES string of the molecule is CCN1C(=O)/C(=C/c2ccc(OC(=O)c3sc4cc(Cl)ccc4c3Cl)cc2)SC1=S. The predicted molar refractivity (Wildman–Crippen MR) is 129 cm³/mol. The summed E-state index contributed by atoms with van der Waals surface area (Å²) in [5.41, 5.74) is 0.806. The van der Waals surface area contributed by atoms with Gasteiger partial charge in [-0.1, -0.05) is 65.4 Å². The molecule has 0 unspecified atom stereocenters. The molecular formula is C21H13Cl2NO3S3. The van der Waals surface area contributed by atoms with Crippen LogP contribution in [0, 0.1) is 0 Å². The van der Waals surface area contributed by atoms with Crippen molar-refractivity contribution < 1.29 is 14.3 Å². The molecule has 1 amide bonds. The largest absolute Gasteiger partial charge is 0.422 e. The number of fused-ring (bicyclic) bond motifs is 1. The molecule has 0 spiro atoms. The Kier molecular flexibility index (Phi) is 6.18. The number of carbonyl (C=O) groups excluding carboxylic acids is 2. The van der Waals surface area contributed by atoms with Gasteiger partial charge in [-0.15, -0.1) is 11.3 Å². The van der Waals surface area contributed by atoms with Crippen molar-refractivity contribution in [3.05, 3.63) is 67.9 Å². The highest BCUT2D eigenvalue weighted by atomic mass is 35.5. The van der Waals surface area contributed by atoms with Crippen molar-refractivity contribution in [2.75, 3.05) is 6.54 Å². The number of amides is 1. The second-order valence-electron chi connectivity index (χ2n) is 6.27. The van der Waals surface area contributed by atoms with E-state index in [9.17, 15) is 9.59 Å². The number of rotatable bonds is 4. The Labute approximate surface area is 196 Å². The summed E-state index contributed by atoms with van der Waals surface area (Å²) in [4.78, 5) is 27.4. The zero-order valence-corrected chi connectivity index (χ0v) is 19.4. The summed E-state index contributed by atoms with van der Waals surface area (Å²) in [5, 5.41) is 1.69. The Morgan fingerprint density at radius 2 is 1.93 bits per heavy atom. The van der Waals surface area contributed by atoms with Gasteiger partial charge in [-0.25, -0.2) is 4.79 Å². The molecular weight excluding hydrogens is 481 g/mol. The Hall–Kier alpha value is -1.90. The summed E-state index contributed by atoms with van der Waals surface area (Å²) in [6, 6.07) is 12.2. The third-order valence-corrected chi connectivity index (χ3v) is 7.61. The molecule has 30 heavy (non-hydrogen) atoms. The number of nitrogens with zero attached hydrogens (tertiary/aromatic N) is 1. The number of esters is 1. The van der Waals surface area contributed by atoms with Crippen LogP contribution >= 0.6 is 58.5 Å². The van der Waals surface area contributed by atoms with Crippen molar-refractivity contribution in [1.29, 1.82) is 0 Å². The van der Waals surface area contributed by atoms with E-state index >= 15 is 0 Å². The number of hydrogen-bond acceptors (Lipinski definition) is 6. The van der Waals surface area contributed by atoms with Gasteiger partial charge in [0, 0.05) is 21.7 Å². The highest BCUT2D eigenvalue weighted by molar-refractivity contribution is 8.26. The van der Waals surface area contributed by atoms with Crippen LogP contribution in [0.15, 0.2) is 47.4 Å². The summed E-state index contributed by atoms with van der Waals surface area (Å²) in [5.74, 6) is -0.249. The highest BCUT2D eigenvalue weighted by Crippen LogP contribution is 2.37. The average molecular weight is 494 g/mol. The Balaban J connectivity index is 1.51. The van der Waals surface area contributed by atoms with E-state index in [1.807, 2.05) is 6.92 Å². The molecule has 2 heterocycles. The molecule has 0 bridgehead atoms. The molecule has 9 heteroatoms.